The number of esters is 1. The van der Waals surface area contributed by atoms with Crippen LogP contribution in [0.25, 0.3) is 0 Å². The summed E-state index contributed by atoms with van der Waals surface area (Å²) in [5, 5.41) is 7.89. The maximum Gasteiger partial charge on any atom is 0.333 e. The molecule has 0 saturated heterocycles. The number of unbranched alkanes of at least 4 members (excludes halogenated alkanes) is 12. The third-order valence-electron chi connectivity index (χ3n) is 4.72. The Bertz CT molecular complexity index is 428. The van der Waals surface area contributed by atoms with Crippen molar-refractivity contribution in [3.63, 3.8) is 0 Å². The smallest absolute Gasteiger partial charge is 0.333 e. The summed E-state index contributed by atoms with van der Waals surface area (Å²) in [4.78, 5) is 21.3. The highest BCUT2D eigenvalue weighted by molar-refractivity contribution is 5.87. The lowest BCUT2D eigenvalue weighted by molar-refractivity contribution is -0.139. The summed E-state index contributed by atoms with van der Waals surface area (Å²) in [6.45, 7) is 13.4. The lowest BCUT2D eigenvalue weighted by Gasteiger charge is -2.07. The van der Waals surface area contributed by atoms with Crippen molar-refractivity contribution in [3.05, 3.63) is 24.3 Å². The number of hydrogen-bond donors (Lipinski definition) is 1. The molecule has 0 spiro atoms. The maximum atomic E-state index is 11.7. The van der Waals surface area contributed by atoms with Gasteiger partial charge in [-0.3, -0.25) is 0 Å². The molecule has 0 aliphatic heterocycles. The van der Waals surface area contributed by atoms with Gasteiger partial charge in [0.25, 0.3) is 0 Å². The van der Waals surface area contributed by atoms with E-state index in [4.69, 9.17) is 9.84 Å². The van der Waals surface area contributed by atoms with Crippen LogP contribution < -0.4 is 0 Å². The lowest BCUT2D eigenvalue weighted by Crippen LogP contribution is -2.08. The second-order valence-corrected chi connectivity index (χ2v) is 7.82. The van der Waals surface area contributed by atoms with Crippen molar-refractivity contribution in [2.45, 2.75) is 117 Å². The largest absolute Gasteiger partial charge is 0.478 e. The van der Waals surface area contributed by atoms with Crippen LogP contribution in [0.4, 0.5) is 0 Å². The Kier molecular flexibility index (Phi) is 23.2. The van der Waals surface area contributed by atoms with E-state index in [0.717, 1.165) is 32.1 Å². The van der Waals surface area contributed by atoms with Crippen LogP contribution in [0.1, 0.15) is 117 Å². The van der Waals surface area contributed by atoms with E-state index >= 15 is 0 Å². The average molecular weight is 411 g/mol. The van der Waals surface area contributed by atoms with Gasteiger partial charge in [-0.05, 0) is 26.2 Å². The first-order valence-corrected chi connectivity index (χ1v) is 11.6. The minimum Gasteiger partial charge on any atom is -0.478 e. The molecule has 170 valence electrons. The lowest BCUT2D eigenvalue weighted by atomic mass is 10.0. The quantitative estimate of drug-likeness (QED) is 0.143. The van der Waals surface area contributed by atoms with Gasteiger partial charge in [-0.15, -0.1) is 0 Å². The van der Waals surface area contributed by atoms with E-state index < -0.39 is 5.97 Å². The maximum absolute atomic E-state index is 11.7. The van der Waals surface area contributed by atoms with Crippen LogP contribution in [0.3, 0.4) is 0 Å². The summed E-state index contributed by atoms with van der Waals surface area (Å²) in [6.07, 6.45) is 18.6. The molecule has 0 heterocycles. The molecule has 0 atom stereocenters. The van der Waals surface area contributed by atoms with Crippen molar-refractivity contribution in [3.8, 4) is 0 Å². The van der Waals surface area contributed by atoms with Crippen molar-refractivity contribution in [1.82, 2.24) is 0 Å². The van der Waals surface area contributed by atoms with Crippen LogP contribution in [0, 0.1) is 0 Å². The fraction of sp³-hybridized carbons (Fsp3) is 0.760. The highest BCUT2D eigenvalue weighted by Crippen LogP contribution is 2.14. The third kappa shape index (κ3) is 24.4. The first kappa shape index (κ1) is 29.6. The predicted octanol–water partition coefficient (Wildman–Crippen LogP) is 7.62. The molecule has 0 aliphatic carbocycles. The van der Waals surface area contributed by atoms with Crippen LogP contribution in [-0.2, 0) is 14.3 Å². The number of ether oxygens (including phenoxy) is 1. The summed E-state index contributed by atoms with van der Waals surface area (Å²) in [5.74, 6) is -1.12. The number of rotatable bonds is 18. The molecule has 0 fully saturated rings. The van der Waals surface area contributed by atoms with Crippen LogP contribution in [0.2, 0.25) is 0 Å². The standard InChI is InChI=1S/C21H40O2.C4H6O2/c1-4-6-8-9-10-11-12-13-14-15-16-18-20(3)21(22)23-19-17-7-5-2;1-3(2)4(5)6/h3-19H2,1-2H3;1H2,2H3,(H,5,6). The number of carboxylic acids is 1. The van der Waals surface area contributed by atoms with Gasteiger partial charge in [-0.25, -0.2) is 9.59 Å². The van der Waals surface area contributed by atoms with E-state index in [1.807, 2.05) is 0 Å². The number of hydrogen-bond acceptors (Lipinski definition) is 3. The summed E-state index contributed by atoms with van der Waals surface area (Å²) >= 11 is 0. The van der Waals surface area contributed by atoms with Gasteiger partial charge in [0.05, 0.1) is 6.61 Å². The van der Waals surface area contributed by atoms with Crippen LogP contribution in [0.5, 0.6) is 0 Å². The van der Waals surface area contributed by atoms with Crippen LogP contribution in [0.15, 0.2) is 24.3 Å². The SMILES string of the molecule is C=C(C)C(=O)O.C=C(CCCCCCCCCCCCC)C(=O)OCCCCC. The Morgan fingerprint density at radius 1 is 0.724 bits per heavy atom. The monoisotopic (exact) mass is 410 g/mol. The number of carbonyl (C=O) groups is 2. The second-order valence-electron chi connectivity index (χ2n) is 7.82. The van der Waals surface area contributed by atoms with Gasteiger partial charge in [0.15, 0.2) is 0 Å². The molecule has 0 saturated carbocycles. The zero-order valence-corrected chi connectivity index (χ0v) is 19.4. The molecule has 0 bridgehead atoms. The molecule has 0 unspecified atom stereocenters. The minimum atomic E-state index is -0.935. The Morgan fingerprint density at radius 3 is 1.52 bits per heavy atom. The molecule has 0 aliphatic rings. The Labute approximate surface area is 179 Å². The summed E-state index contributed by atoms with van der Waals surface area (Å²) in [5.41, 5.74) is 0.826. The van der Waals surface area contributed by atoms with Crippen LogP contribution in [-0.4, -0.2) is 23.7 Å². The highest BCUT2D eigenvalue weighted by Gasteiger charge is 2.07. The molecule has 0 aromatic rings. The van der Waals surface area contributed by atoms with E-state index in [1.54, 1.807) is 0 Å². The Morgan fingerprint density at radius 2 is 1.10 bits per heavy atom. The normalized spacial score (nSPS) is 10.0. The topological polar surface area (TPSA) is 63.6 Å². The van der Waals surface area contributed by atoms with E-state index in [9.17, 15) is 9.59 Å². The fourth-order valence-corrected chi connectivity index (χ4v) is 2.72. The number of carbonyl (C=O) groups excluding carboxylic acids is 1. The van der Waals surface area contributed by atoms with Crippen molar-refractivity contribution in [2.24, 2.45) is 0 Å². The van der Waals surface area contributed by atoms with Gasteiger partial charge in [-0.1, -0.05) is 104 Å². The molecular weight excluding hydrogens is 364 g/mol. The van der Waals surface area contributed by atoms with Crippen molar-refractivity contribution < 1.29 is 19.4 Å². The first-order valence-electron chi connectivity index (χ1n) is 11.6. The van der Waals surface area contributed by atoms with Gasteiger partial charge < -0.3 is 9.84 Å². The molecule has 0 aromatic carbocycles. The van der Waals surface area contributed by atoms with E-state index in [0.29, 0.717) is 12.2 Å². The molecular formula is C25H46O4. The molecule has 0 aromatic heterocycles. The van der Waals surface area contributed by atoms with E-state index in [1.165, 1.54) is 71.1 Å². The molecule has 1 N–H and O–H groups in total. The highest BCUT2D eigenvalue weighted by atomic mass is 16.5. The fourth-order valence-electron chi connectivity index (χ4n) is 2.72. The van der Waals surface area contributed by atoms with Gasteiger partial charge >= 0.3 is 11.9 Å². The number of carboxylic acid groups (broad SMARTS) is 1. The van der Waals surface area contributed by atoms with Gasteiger partial charge in [-0.2, -0.15) is 0 Å². The summed E-state index contributed by atoms with van der Waals surface area (Å²) in [6, 6.07) is 0. The van der Waals surface area contributed by atoms with E-state index in [-0.39, 0.29) is 11.5 Å². The van der Waals surface area contributed by atoms with Crippen molar-refractivity contribution in [2.75, 3.05) is 6.61 Å². The molecule has 0 amide bonds. The van der Waals surface area contributed by atoms with Gasteiger partial charge in [0.1, 0.15) is 0 Å². The van der Waals surface area contributed by atoms with Crippen LogP contribution >= 0.6 is 0 Å². The zero-order chi connectivity index (χ0) is 22.3. The number of aliphatic carboxylic acids is 1. The summed E-state index contributed by atoms with van der Waals surface area (Å²) in [7, 11) is 0. The Hall–Kier alpha value is -1.58. The summed E-state index contributed by atoms with van der Waals surface area (Å²) < 4.78 is 5.22. The predicted molar refractivity (Wildman–Crippen MR) is 123 cm³/mol. The Balaban J connectivity index is 0. The second kappa shape index (κ2) is 22.7. The minimum absolute atomic E-state index is 0.176. The molecule has 4 heteroatoms. The molecule has 0 rings (SSSR count). The average Bonchev–Trinajstić information content (AvgIpc) is 2.69. The third-order valence-corrected chi connectivity index (χ3v) is 4.72. The zero-order valence-electron chi connectivity index (χ0n) is 19.4. The van der Waals surface area contributed by atoms with Crippen molar-refractivity contribution >= 4 is 11.9 Å². The van der Waals surface area contributed by atoms with Crippen molar-refractivity contribution in [1.29, 1.82) is 0 Å². The van der Waals surface area contributed by atoms with Gasteiger partial charge in [0, 0.05) is 11.1 Å². The first-order chi connectivity index (χ1) is 13.9. The molecule has 29 heavy (non-hydrogen) atoms. The molecule has 4 nitrogen and oxygen atoms in total. The molecule has 0 radical (unpaired) electrons. The van der Waals surface area contributed by atoms with E-state index in [2.05, 4.69) is 27.0 Å². The van der Waals surface area contributed by atoms with Gasteiger partial charge in [0.2, 0.25) is 0 Å².